The zero-order valence-corrected chi connectivity index (χ0v) is 13.0. The van der Waals surface area contributed by atoms with Gasteiger partial charge in [0.1, 0.15) is 5.76 Å². The van der Waals surface area contributed by atoms with Crippen LogP contribution in [0.1, 0.15) is 23.9 Å². The lowest BCUT2D eigenvalue weighted by atomic mass is 10.2. The fourth-order valence-corrected chi connectivity index (χ4v) is 3.17. The van der Waals surface area contributed by atoms with Crippen molar-refractivity contribution in [3.8, 4) is 0 Å². The number of nitrogens with one attached hydrogen (secondary N) is 3. The molecule has 0 aliphatic heterocycles. The molecular formula is C13H20N4O3S. The molecule has 8 heteroatoms. The monoisotopic (exact) mass is 312 g/mol. The number of furan rings is 1. The number of sulfonamides is 1. The number of aromatic amines is 1. The number of hydrogen-bond acceptors (Lipinski definition) is 5. The van der Waals surface area contributed by atoms with Gasteiger partial charge in [-0.1, -0.05) is 6.92 Å². The Morgan fingerprint density at radius 2 is 2.24 bits per heavy atom. The summed E-state index contributed by atoms with van der Waals surface area (Å²) < 4.78 is 32.3. The molecule has 0 radical (unpaired) electrons. The quantitative estimate of drug-likeness (QED) is 0.673. The number of hydrogen-bond donors (Lipinski definition) is 3. The SMILES string of the molecule is CCNCc1c(S(=O)(=O)NCCc2ccco2)n[nH]c1C. The van der Waals surface area contributed by atoms with Gasteiger partial charge in [-0.2, -0.15) is 5.10 Å². The first-order valence-electron chi connectivity index (χ1n) is 6.81. The van der Waals surface area contributed by atoms with Gasteiger partial charge in [-0.15, -0.1) is 0 Å². The lowest BCUT2D eigenvalue weighted by Crippen LogP contribution is -2.28. The molecule has 2 aromatic heterocycles. The Kier molecular flexibility index (Phi) is 5.16. The van der Waals surface area contributed by atoms with E-state index in [2.05, 4.69) is 20.2 Å². The molecule has 2 aromatic rings. The lowest BCUT2D eigenvalue weighted by Gasteiger charge is -2.07. The molecule has 0 spiro atoms. The Hall–Kier alpha value is -1.64. The second-order valence-electron chi connectivity index (χ2n) is 4.64. The molecule has 0 unspecified atom stereocenters. The largest absolute Gasteiger partial charge is 0.469 e. The van der Waals surface area contributed by atoms with Crippen molar-refractivity contribution in [1.82, 2.24) is 20.2 Å². The molecule has 0 fully saturated rings. The molecule has 3 N–H and O–H groups in total. The Labute approximate surface area is 124 Å². The van der Waals surface area contributed by atoms with Crippen LogP contribution in [0.5, 0.6) is 0 Å². The van der Waals surface area contributed by atoms with Crippen molar-refractivity contribution in [2.45, 2.75) is 31.8 Å². The molecule has 2 heterocycles. The van der Waals surface area contributed by atoms with Gasteiger partial charge in [0.05, 0.1) is 6.26 Å². The van der Waals surface area contributed by atoms with Crippen molar-refractivity contribution in [3.63, 3.8) is 0 Å². The Balaban J connectivity index is 2.05. The van der Waals surface area contributed by atoms with Crippen molar-refractivity contribution < 1.29 is 12.8 Å². The summed E-state index contributed by atoms with van der Waals surface area (Å²) in [6.45, 7) is 5.26. The highest BCUT2D eigenvalue weighted by atomic mass is 32.2. The van der Waals surface area contributed by atoms with Gasteiger partial charge in [0.25, 0.3) is 10.0 Å². The van der Waals surface area contributed by atoms with Gasteiger partial charge in [-0.25, -0.2) is 13.1 Å². The molecular weight excluding hydrogens is 292 g/mol. The fraction of sp³-hybridized carbons (Fsp3) is 0.462. The minimum Gasteiger partial charge on any atom is -0.469 e. The Morgan fingerprint density at radius 1 is 1.43 bits per heavy atom. The van der Waals surface area contributed by atoms with Crippen LogP contribution in [0.3, 0.4) is 0 Å². The van der Waals surface area contributed by atoms with Crippen molar-refractivity contribution in [3.05, 3.63) is 35.4 Å². The van der Waals surface area contributed by atoms with Crippen LogP contribution >= 0.6 is 0 Å². The highest BCUT2D eigenvalue weighted by Gasteiger charge is 2.23. The minimum absolute atomic E-state index is 0.0559. The van der Waals surface area contributed by atoms with Crippen LogP contribution in [0.2, 0.25) is 0 Å². The van der Waals surface area contributed by atoms with Crippen LogP contribution in [0, 0.1) is 6.92 Å². The first-order valence-corrected chi connectivity index (χ1v) is 8.29. The van der Waals surface area contributed by atoms with Gasteiger partial charge in [0, 0.05) is 30.8 Å². The van der Waals surface area contributed by atoms with E-state index in [0.717, 1.165) is 18.0 Å². The number of rotatable bonds is 8. The van der Waals surface area contributed by atoms with Gasteiger partial charge in [-0.3, -0.25) is 5.10 Å². The predicted molar refractivity (Wildman–Crippen MR) is 78.3 cm³/mol. The second kappa shape index (κ2) is 6.88. The molecule has 0 aliphatic carbocycles. The molecule has 0 bridgehead atoms. The van der Waals surface area contributed by atoms with Gasteiger partial charge in [-0.05, 0) is 25.6 Å². The topological polar surface area (TPSA) is 100 Å². The van der Waals surface area contributed by atoms with Crippen molar-refractivity contribution >= 4 is 10.0 Å². The summed E-state index contributed by atoms with van der Waals surface area (Å²) in [5.41, 5.74) is 1.42. The summed E-state index contributed by atoms with van der Waals surface area (Å²) >= 11 is 0. The Morgan fingerprint density at radius 3 is 2.90 bits per heavy atom. The van der Waals surface area contributed by atoms with E-state index < -0.39 is 10.0 Å². The van der Waals surface area contributed by atoms with E-state index in [1.54, 1.807) is 12.3 Å². The van der Waals surface area contributed by atoms with Crippen LogP contribution in [0.15, 0.2) is 27.8 Å². The van der Waals surface area contributed by atoms with Crippen LogP contribution in [-0.2, 0) is 23.0 Å². The van der Waals surface area contributed by atoms with Crippen LogP contribution < -0.4 is 10.0 Å². The third-order valence-electron chi connectivity index (χ3n) is 3.09. The molecule has 0 aliphatic rings. The highest BCUT2D eigenvalue weighted by Crippen LogP contribution is 2.15. The van der Waals surface area contributed by atoms with E-state index in [1.807, 2.05) is 19.9 Å². The molecule has 0 amide bonds. The van der Waals surface area contributed by atoms with E-state index in [-0.39, 0.29) is 11.6 Å². The Bertz CT molecular complexity index is 662. The van der Waals surface area contributed by atoms with Gasteiger partial charge >= 0.3 is 0 Å². The molecule has 0 saturated carbocycles. The predicted octanol–water partition coefficient (Wildman–Crippen LogP) is 0.942. The van der Waals surface area contributed by atoms with E-state index in [0.29, 0.717) is 18.5 Å². The zero-order chi connectivity index (χ0) is 15.3. The summed E-state index contributed by atoms with van der Waals surface area (Å²) in [7, 11) is -3.63. The third-order valence-corrected chi connectivity index (χ3v) is 4.52. The number of H-pyrrole nitrogens is 1. The molecule has 0 aromatic carbocycles. The summed E-state index contributed by atoms with van der Waals surface area (Å²) in [5, 5.41) is 9.82. The summed E-state index contributed by atoms with van der Waals surface area (Å²) in [4.78, 5) is 0. The molecule has 7 nitrogen and oxygen atoms in total. The average molecular weight is 312 g/mol. The third kappa shape index (κ3) is 3.93. The molecule has 0 atom stereocenters. The maximum atomic E-state index is 12.3. The van der Waals surface area contributed by atoms with E-state index in [4.69, 9.17) is 4.42 Å². The van der Waals surface area contributed by atoms with Crippen molar-refractivity contribution in [2.75, 3.05) is 13.1 Å². The maximum absolute atomic E-state index is 12.3. The zero-order valence-electron chi connectivity index (χ0n) is 12.1. The summed E-state index contributed by atoms with van der Waals surface area (Å²) in [6.07, 6.45) is 2.06. The summed E-state index contributed by atoms with van der Waals surface area (Å²) in [5.74, 6) is 0.740. The molecule has 21 heavy (non-hydrogen) atoms. The molecule has 2 rings (SSSR count). The maximum Gasteiger partial charge on any atom is 0.260 e. The standard InChI is InChI=1S/C13H20N4O3S/c1-3-14-9-12-10(2)16-17-13(12)21(18,19)15-7-6-11-5-4-8-20-11/h4-5,8,14-15H,3,6-7,9H2,1-2H3,(H,16,17). The van der Waals surface area contributed by atoms with Gasteiger partial charge < -0.3 is 9.73 Å². The van der Waals surface area contributed by atoms with E-state index >= 15 is 0 Å². The highest BCUT2D eigenvalue weighted by molar-refractivity contribution is 7.89. The summed E-state index contributed by atoms with van der Waals surface area (Å²) in [6, 6.07) is 3.58. The normalized spacial score (nSPS) is 11.9. The van der Waals surface area contributed by atoms with Crippen molar-refractivity contribution in [1.29, 1.82) is 0 Å². The molecule has 116 valence electrons. The second-order valence-corrected chi connectivity index (χ2v) is 6.32. The smallest absolute Gasteiger partial charge is 0.260 e. The number of nitrogens with zero attached hydrogens (tertiary/aromatic N) is 1. The van der Waals surface area contributed by atoms with Gasteiger partial charge in [0.15, 0.2) is 5.03 Å². The number of aromatic nitrogens is 2. The average Bonchev–Trinajstić information content (AvgIpc) is 3.06. The molecule has 0 saturated heterocycles. The van der Waals surface area contributed by atoms with Gasteiger partial charge in [0.2, 0.25) is 0 Å². The van der Waals surface area contributed by atoms with Crippen LogP contribution in [0.25, 0.3) is 0 Å². The van der Waals surface area contributed by atoms with Crippen LogP contribution in [-0.4, -0.2) is 31.7 Å². The van der Waals surface area contributed by atoms with Crippen molar-refractivity contribution in [2.24, 2.45) is 0 Å². The first kappa shape index (κ1) is 15.7. The fourth-order valence-electron chi connectivity index (χ4n) is 1.94. The van der Waals surface area contributed by atoms with E-state index in [1.165, 1.54) is 0 Å². The first-order chi connectivity index (χ1) is 10.0. The van der Waals surface area contributed by atoms with Crippen LogP contribution in [0.4, 0.5) is 0 Å². The number of aryl methyl sites for hydroxylation is 1. The lowest BCUT2D eigenvalue weighted by molar-refractivity contribution is 0.505. The minimum atomic E-state index is -3.63. The van der Waals surface area contributed by atoms with E-state index in [9.17, 15) is 8.42 Å².